The second-order valence-corrected chi connectivity index (χ2v) is 4.82. The molecular weight excluding hydrogens is 288 g/mol. The van der Waals surface area contributed by atoms with E-state index in [1.165, 1.54) is 12.1 Å². The first-order valence-corrected chi connectivity index (χ1v) is 6.26. The summed E-state index contributed by atoms with van der Waals surface area (Å²) in [6, 6.07) is 9.18. The van der Waals surface area contributed by atoms with Gasteiger partial charge in [0.05, 0.1) is 21.3 Å². The van der Waals surface area contributed by atoms with Gasteiger partial charge in [-0.05, 0) is 36.8 Å². The molecule has 5 heteroatoms. The maximum atomic E-state index is 13.6. The fourth-order valence-electron chi connectivity index (χ4n) is 1.60. The van der Waals surface area contributed by atoms with Crippen LogP contribution >= 0.6 is 23.2 Å². The third kappa shape index (κ3) is 3.06. The number of hydrogen-bond donors (Lipinski definition) is 1. The van der Waals surface area contributed by atoms with E-state index in [9.17, 15) is 9.18 Å². The molecule has 19 heavy (non-hydrogen) atoms. The van der Waals surface area contributed by atoms with E-state index in [0.29, 0.717) is 0 Å². The minimum atomic E-state index is -0.503. The highest BCUT2D eigenvalue weighted by Crippen LogP contribution is 2.26. The molecule has 98 valence electrons. The minimum Gasteiger partial charge on any atom is -0.319 e. The van der Waals surface area contributed by atoms with E-state index in [-0.39, 0.29) is 21.3 Å². The highest BCUT2D eigenvalue weighted by molar-refractivity contribution is 6.44. The summed E-state index contributed by atoms with van der Waals surface area (Å²) >= 11 is 11.8. The molecule has 2 aromatic carbocycles. The Morgan fingerprint density at radius 1 is 1.21 bits per heavy atom. The Morgan fingerprint density at radius 2 is 1.95 bits per heavy atom. The molecule has 0 fully saturated rings. The first-order chi connectivity index (χ1) is 8.99. The fraction of sp³-hybridized carbons (Fsp3) is 0.0714. The van der Waals surface area contributed by atoms with Crippen molar-refractivity contribution in [2.24, 2.45) is 0 Å². The maximum Gasteiger partial charge on any atom is 0.257 e. The predicted octanol–water partition coefficient (Wildman–Crippen LogP) is 4.69. The van der Waals surface area contributed by atoms with Gasteiger partial charge in [0.25, 0.3) is 5.91 Å². The number of carbonyl (C=O) groups is 1. The van der Waals surface area contributed by atoms with Crippen LogP contribution < -0.4 is 5.32 Å². The molecule has 0 spiro atoms. The van der Waals surface area contributed by atoms with Crippen LogP contribution in [0.2, 0.25) is 10.0 Å². The van der Waals surface area contributed by atoms with Crippen LogP contribution in [0, 0.1) is 12.7 Å². The van der Waals surface area contributed by atoms with Gasteiger partial charge in [-0.15, -0.1) is 0 Å². The zero-order valence-electron chi connectivity index (χ0n) is 10.0. The number of carbonyl (C=O) groups excluding carboxylic acids is 1. The number of aryl methyl sites for hydroxylation is 1. The minimum absolute atomic E-state index is 0.112. The fourth-order valence-corrected chi connectivity index (χ4v) is 1.99. The van der Waals surface area contributed by atoms with Crippen LogP contribution in [0.3, 0.4) is 0 Å². The molecule has 2 rings (SSSR count). The Morgan fingerprint density at radius 3 is 2.68 bits per heavy atom. The third-order valence-corrected chi connectivity index (χ3v) is 3.39. The number of benzene rings is 2. The van der Waals surface area contributed by atoms with Crippen LogP contribution in [0.5, 0.6) is 0 Å². The largest absolute Gasteiger partial charge is 0.319 e. The van der Waals surface area contributed by atoms with E-state index in [1.54, 1.807) is 24.3 Å². The quantitative estimate of drug-likeness (QED) is 0.856. The van der Waals surface area contributed by atoms with Crippen LogP contribution in [0.25, 0.3) is 0 Å². The van der Waals surface area contributed by atoms with Crippen LogP contribution in [-0.4, -0.2) is 5.91 Å². The molecule has 1 amide bonds. The van der Waals surface area contributed by atoms with Crippen molar-refractivity contribution in [2.45, 2.75) is 6.92 Å². The van der Waals surface area contributed by atoms with Crippen molar-refractivity contribution < 1.29 is 9.18 Å². The van der Waals surface area contributed by atoms with Gasteiger partial charge in [-0.2, -0.15) is 0 Å². The summed E-state index contributed by atoms with van der Waals surface area (Å²) in [6.45, 7) is 1.81. The standard InChI is InChI=1S/C14H10Cl2FNO/c1-8-5-6-11(17)12(7-8)18-14(19)9-3-2-4-10(15)13(9)16/h2-7H,1H3,(H,18,19). The highest BCUT2D eigenvalue weighted by Gasteiger charge is 2.14. The Bertz CT molecular complexity index is 643. The Hall–Kier alpha value is -1.58. The first-order valence-electron chi connectivity index (χ1n) is 5.50. The number of rotatable bonds is 2. The van der Waals surface area contributed by atoms with Crippen molar-refractivity contribution in [1.82, 2.24) is 0 Å². The van der Waals surface area contributed by atoms with Gasteiger partial charge < -0.3 is 5.32 Å². The van der Waals surface area contributed by atoms with Crippen molar-refractivity contribution in [3.05, 3.63) is 63.4 Å². The van der Waals surface area contributed by atoms with Crippen LogP contribution in [0.4, 0.5) is 10.1 Å². The molecule has 0 aliphatic carbocycles. The zero-order chi connectivity index (χ0) is 14.0. The lowest BCUT2D eigenvalue weighted by molar-refractivity contribution is 0.102. The number of hydrogen-bond acceptors (Lipinski definition) is 1. The summed E-state index contributed by atoms with van der Waals surface area (Å²) in [5.41, 5.74) is 1.16. The molecule has 0 radical (unpaired) electrons. The molecule has 1 N–H and O–H groups in total. The maximum absolute atomic E-state index is 13.6. The van der Waals surface area contributed by atoms with Gasteiger partial charge in [-0.25, -0.2) is 4.39 Å². The lowest BCUT2D eigenvalue weighted by Crippen LogP contribution is -2.13. The summed E-state index contributed by atoms with van der Waals surface area (Å²) in [7, 11) is 0. The van der Waals surface area contributed by atoms with Crippen molar-refractivity contribution in [2.75, 3.05) is 5.32 Å². The summed E-state index contributed by atoms with van der Waals surface area (Å²) in [4.78, 5) is 12.0. The smallest absolute Gasteiger partial charge is 0.257 e. The van der Waals surface area contributed by atoms with Gasteiger partial charge in [0, 0.05) is 0 Å². The normalized spacial score (nSPS) is 10.3. The van der Waals surface area contributed by atoms with Crippen molar-refractivity contribution in [3.63, 3.8) is 0 Å². The highest BCUT2D eigenvalue weighted by atomic mass is 35.5. The lowest BCUT2D eigenvalue weighted by atomic mass is 10.2. The Labute approximate surface area is 120 Å². The van der Waals surface area contributed by atoms with Crippen LogP contribution in [-0.2, 0) is 0 Å². The Balaban J connectivity index is 2.31. The van der Waals surface area contributed by atoms with Crippen LogP contribution in [0.15, 0.2) is 36.4 Å². The number of anilines is 1. The van der Waals surface area contributed by atoms with Crippen molar-refractivity contribution in [1.29, 1.82) is 0 Å². The SMILES string of the molecule is Cc1ccc(F)c(NC(=O)c2cccc(Cl)c2Cl)c1. The first kappa shape index (κ1) is 13.8. The van der Waals surface area contributed by atoms with Gasteiger partial charge in [0.1, 0.15) is 5.82 Å². The van der Waals surface area contributed by atoms with E-state index in [1.807, 2.05) is 6.92 Å². The second-order valence-electron chi connectivity index (χ2n) is 4.04. The van der Waals surface area contributed by atoms with E-state index in [4.69, 9.17) is 23.2 Å². The van der Waals surface area contributed by atoms with Crippen molar-refractivity contribution >= 4 is 34.8 Å². The van der Waals surface area contributed by atoms with Crippen molar-refractivity contribution in [3.8, 4) is 0 Å². The lowest BCUT2D eigenvalue weighted by Gasteiger charge is -2.09. The average molecular weight is 298 g/mol. The third-order valence-electron chi connectivity index (χ3n) is 2.57. The van der Waals surface area contributed by atoms with E-state index < -0.39 is 11.7 Å². The summed E-state index contributed by atoms with van der Waals surface area (Å²) in [5.74, 6) is -1.01. The molecule has 0 aliphatic rings. The Kier molecular flexibility index (Phi) is 4.08. The molecular formula is C14H10Cl2FNO. The predicted molar refractivity (Wildman–Crippen MR) is 75.6 cm³/mol. The molecule has 0 bridgehead atoms. The van der Waals surface area contributed by atoms with Crippen LogP contribution in [0.1, 0.15) is 15.9 Å². The summed E-state index contributed by atoms with van der Waals surface area (Å²) < 4.78 is 13.6. The topological polar surface area (TPSA) is 29.1 Å². The molecule has 0 saturated heterocycles. The molecule has 0 aromatic heterocycles. The monoisotopic (exact) mass is 297 g/mol. The van der Waals surface area contributed by atoms with E-state index in [0.717, 1.165) is 5.56 Å². The van der Waals surface area contributed by atoms with E-state index >= 15 is 0 Å². The summed E-state index contributed by atoms with van der Waals surface area (Å²) in [5, 5.41) is 2.90. The molecule has 0 unspecified atom stereocenters. The summed E-state index contributed by atoms with van der Waals surface area (Å²) in [6.07, 6.45) is 0. The van der Waals surface area contributed by atoms with Gasteiger partial charge in [-0.1, -0.05) is 35.3 Å². The van der Waals surface area contributed by atoms with E-state index in [2.05, 4.69) is 5.32 Å². The van der Waals surface area contributed by atoms with Gasteiger partial charge >= 0.3 is 0 Å². The number of amides is 1. The molecule has 0 atom stereocenters. The van der Waals surface area contributed by atoms with Gasteiger partial charge in [0.2, 0.25) is 0 Å². The number of nitrogens with one attached hydrogen (secondary N) is 1. The average Bonchev–Trinajstić information content (AvgIpc) is 2.37. The molecule has 2 aromatic rings. The molecule has 0 heterocycles. The molecule has 0 aliphatic heterocycles. The number of halogens is 3. The molecule has 2 nitrogen and oxygen atoms in total. The van der Waals surface area contributed by atoms with Gasteiger partial charge in [0.15, 0.2) is 0 Å². The molecule has 0 saturated carbocycles. The second kappa shape index (κ2) is 5.59. The van der Waals surface area contributed by atoms with Gasteiger partial charge in [-0.3, -0.25) is 4.79 Å². The zero-order valence-corrected chi connectivity index (χ0v) is 11.5.